The van der Waals surface area contributed by atoms with Gasteiger partial charge >= 0.3 is 0 Å². The Morgan fingerprint density at radius 3 is 2.20 bits per heavy atom. The smallest absolute Gasteiger partial charge is 0.295 e. The van der Waals surface area contributed by atoms with Gasteiger partial charge in [0.15, 0.2) is 0 Å². The van der Waals surface area contributed by atoms with Gasteiger partial charge in [0.05, 0.1) is 18.2 Å². The van der Waals surface area contributed by atoms with E-state index in [-0.39, 0.29) is 11.3 Å². The second-order valence-corrected chi connectivity index (χ2v) is 7.77. The van der Waals surface area contributed by atoms with E-state index in [0.29, 0.717) is 30.4 Å². The molecule has 2 aromatic rings. The topological polar surface area (TPSA) is 66.8 Å². The van der Waals surface area contributed by atoms with Gasteiger partial charge in [-0.15, -0.1) is 0 Å². The summed E-state index contributed by atoms with van der Waals surface area (Å²) in [7, 11) is 0. The molecule has 1 aliphatic heterocycles. The quantitative estimate of drug-likeness (QED) is 0.397. The van der Waals surface area contributed by atoms with E-state index >= 15 is 0 Å². The van der Waals surface area contributed by atoms with E-state index in [9.17, 15) is 14.7 Å². The number of carbonyl (C=O) groups excluding carboxylic acids is 2. The van der Waals surface area contributed by atoms with Crippen molar-refractivity contribution in [1.82, 2.24) is 4.90 Å². The molecular weight excluding hydrogens is 378 g/mol. The number of hydrogen-bond donors (Lipinski definition) is 1. The van der Waals surface area contributed by atoms with Crippen LogP contribution in [0, 0.1) is 0 Å². The van der Waals surface area contributed by atoms with Gasteiger partial charge in [0.2, 0.25) is 0 Å². The zero-order chi connectivity index (χ0) is 21.8. The molecule has 30 heavy (non-hydrogen) atoms. The van der Waals surface area contributed by atoms with E-state index in [0.717, 1.165) is 12.0 Å². The van der Waals surface area contributed by atoms with Crippen LogP contribution in [-0.4, -0.2) is 34.8 Å². The van der Waals surface area contributed by atoms with Gasteiger partial charge in [-0.3, -0.25) is 9.59 Å². The standard InChI is InChI=1S/C25H29NO4/c1-5-15-26-22(18-9-7-17(8-10-18)16(3)4)21(24(28)25(26)29)23(27)19-11-13-20(14-12-19)30-6-2/h7-14,16,22,27H,5-6,15H2,1-4H3/b23-21-. The van der Waals surface area contributed by atoms with Gasteiger partial charge in [0.1, 0.15) is 11.5 Å². The molecule has 0 radical (unpaired) electrons. The van der Waals surface area contributed by atoms with Gasteiger partial charge < -0.3 is 14.7 Å². The molecule has 3 rings (SSSR count). The van der Waals surface area contributed by atoms with E-state index < -0.39 is 17.7 Å². The second-order valence-electron chi connectivity index (χ2n) is 7.77. The first-order valence-corrected chi connectivity index (χ1v) is 10.5. The maximum absolute atomic E-state index is 12.9. The molecular formula is C25H29NO4. The zero-order valence-electron chi connectivity index (χ0n) is 18.0. The third-order valence-corrected chi connectivity index (χ3v) is 5.36. The number of benzene rings is 2. The number of ether oxygens (including phenoxy) is 1. The monoisotopic (exact) mass is 407 g/mol. The van der Waals surface area contributed by atoms with Crippen molar-refractivity contribution in [1.29, 1.82) is 0 Å². The summed E-state index contributed by atoms with van der Waals surface area (Å²) in [6.07, 6.45) is 0.719. The summed E-state index contributed by atoms with van der Waals surface area (Å²) in [5.41, 5.74) is 2.61. The predicted octanol–water partition coefficient (Wildman–Crippen LogP) is 5.04. The number of aliphatic hydroxyl groups is 1. The first kappa shape index (κ1) is 21.6. The van der Waals surface area contributed by atoms with Crippen molar-refractivity contribution < 1.29 is 19.4 Å². The van der Waals surface area contributed by atoms with Crippen molar-refractivity contribution in [3.05, 3.63) is 70.8 Å². The Labute approximate surface area is 178 Å². The lowest BCUT2D eigenvalue weighted by Gasteiger charge is -2.25. The van der Waals surface area contributed by atoms with Crippen molar-refractivity contribution in [2.24, 2.45) is 0 Å². The van der Waals surface area contributed by atoms with Crippen LogP contribution in [0.25, 0.3) is 5.76 Å². The first-order chi connectivity index (χ1) is 14.4. The summed E-state index contributed by atoms with van der Waals surface area (Å²) in [6, 6.07) is 14.2. The summed E-state index contributed by atoms with van der Waals surface area (Å²) < 4.78 is 5.45. The Kier molecular flexibility index (Phi) is 6.60. The molecule has 1 saturated heterocycles. The van der Waals surface area contributed by atoms with Gasteiger partial charge in [-0.2, -0.15) is 0 Å². The third kappa shape index (κ3) is 4.11. The Morgan fingerprint density at radius 1 is 1.03 bits per heavy atom. The van der Waals surface area contributed by atoms with Crippen LogP contribution in [0.15, 0.2) is 54.1 Å². The minimum atomic E-state index is -0.646. The van der Waals surface area contributed by atoms with Crippen LogP contribution >= 0.6 is 0 Å². The molecule has 1 heterocycles. The van der Waals surface area contributed by atoms with E-state index in [4.69, 9.17) is 4.74 Å². The number of hydrogen-bond acceptors (Lipinski definition) is 4. The van der Waals surface area contributed by atoms with Crippen molar-refractivity contribution >= 4 is 17.4 Å². The van der Waals surface area contributed by atoms with Crippen molar-refractivity contribution in [3.63, 3.8) is 0 Å². The molecule has 158 valence electrons. The average Bonchev–Trinajstić information content (AvgIpc) is 2.99. The van der Waals surface area contributed by atoms with Crippen LogP contribution in [0.1, 0.15) is 62.8 Å². The number of ketones is 1. The lowest BCUT2D eigenvalue weighted by atomic mass is 9.93. The lowest BCUT2D eigenvalue weighted by molar-refractivity contribution is -0.139. The maximum Gasteiger partial charge on any atom is 0.295 e. The number of rotatable bonds is 7. The average molecular weight is 408 g/mol. The van der Waals surface area contributed by atoms with Crippen LogP contribution in [0.2, 0.25) is 0 Å². The van der Waals surface area contributed by atoms with Crippen LogP contribution in [0.4, 0.5) is 0 Å². The predicted molar refractivity (Wildman–Crippen MR) is 117 cm³/mol. The fraction of sp³-hybridized carbons (Fsp3) is 0.360. The van der Waals surface area contributed by atoms with Crippen molar-refractivity contribution in [2.45, 2.75) is 46.1 Å². The normalized spacial score (nSPS) is 18.3. The van der Waals surface area contributed by atoms with Gasteiger partial charge in [-0.25, -0.2) is 0 Å². The summed E-state index contributed by atoms with van der Waals surface area (Å²) in [5.74, 6) is -0.311. The van der Waals surface area contributed by atoms with Gasteiger partial charge in [-0.1, -0.05) is 45.0 Å². The van der Waals surface area contributed by atoms with Crippen LogP contribution in [0.3, 0.4) is 0 Å². The van der Waals surface area contributed by atoms with Gasteiger partial charge in [0.25, 0.3) is 11.7 Å². The van der Waals surface area contributed by atoms with Crippen LogP contribution < -0.4 is 4.74 Å². The molecule has 0 bridgehead atoms. The summed E-state index contributed by atoms with van der Waals surface area (Å²) in [4.78, 5) is 27.2. The fourth-order valence-electron chi connectivity index (χ4n) is 3.79. The Balaban J connectivity index is 2.09. The number of likely N-dealkylation sites (tertiary alicyclic amines) is 1. The highest BCUT2D eigenvalue weighted by atomic mass is 16.5. The Morgan fingerprint density at radius 2 is 1.67 bits per heavy atom. The number of aliphatic hydroxyl groups excluding tert-OH is 1. The van der Waals surface area contributed by atoms with Gasteiger partial charge in [0, 0.05) is 12.1 Å². The van der Waals surface area contributed by atoms with E-state index in [1.54, 1.807) is 29.2 Å². The van der Waals surface area contributed by atoms with Crippen LogP contribution in [-0.2, 0) is 9.59 Å². The first-order valence-electron chi connectivity index (χ1n) is 10.5. The molecule has 1 aliphatic rings. The largest absolute Gasteiger partial charge is 0.507 e. The fourth-order valence-corrected chi connectivity index (χ4v) is 3.79. The molecule has 0 saturated carbocycles. The van der Waals surface area contributed by atoms with E-state index in [1.165, 1.54) is 5.56 Å². The van der Waals surface area contributed by atoms with Crippen molar-refractivity contribution in [2.75, 3.05) is 13.2 Å². The van der Waals surface area contributed by atoms with Crippen molar-refractivity contribution in [3.8, 4) is 5.75 Å². The minimum Gasteiger partial charge on any atom is -0.507 e. The molecule has 2 aromatic carbocycles. The number of Topliss-reactive ketones (excluding diaryl/α,β-unsaturated/α-hetero) is 1. The summed E-state index contributed by atoms with van der Waals surface area (Å²) in [5, 5.41) is 11.0. The SMILES string of the molecule is CCCN1C(=O)C(=O)/C(=C(\O)c2ccc(OCC)cc2)C1c1ccc(C(C)C)cc1. The molecule has 0 aromatic heterocycles. The number of amides is 1. The molecule has 1 fully saturated rings. The molecule has 5 heteroatoms. The molecule has 5 nitrogen and oxygen atoms in total. The lowest BCUT2D eigenvalue weighted by Crippen LogP contribution is -2.30. The maximum atomic E-state index is 12.9. The Hall–Kier alpha value is -3.08. The Bertz CT molecular complexity index is 942. The summed E-state index contributed by atoms with van der Waals surface area (Å²) >= 11 is 0. The molecule has 1 atom stereocenters. The zero-order valence-corrected chi connectivity index (χ0v) is 18.0. The molecule has 1 amide bonds. The molecule has 1 N–H and O–H groups in total. The molecule has 0 spiro atoms. The minimum absolute atomic E-state index is 0.134. The van der Waals surface area contributed by atoms with Crippen LogP contribution in [0.5, 0.6) is 5.75 Å². The number of nitrogens with zero attached hydrogens (tertiary/aromatic N) is 1. The highest BCUT2D eigenvalue weighted by Crippen LogP contribution is 2.39. The molecule has 1 unspecified atom stereocenters. The highest BCUT2D eigenvalue weighted by molar-refractivity contribution is 6.46. The van der Waals surface area contributed by atoms with E-state index in [2.05, 4.69) is 13.8 Å². The third-order valence-electron chi connectivity index (χ3n) is 5.36. The van der Waals surface area contributed by atoms with E-state index in [1.807, 2.05) is 38.1 Å². The molecule has 0 aliphatic carbocycles. The summed E-state index contributed by atoms with van der Waals surface area (Å²) in [6.45, 7) is 9.08. The number of carbonyl (C=O) groups is 2. The second kappa shape index (κ2) is 9.16. The highest BCUT2D eigenvalue weighted by Gasteiger charge is 2.45. The van der Waals surface area contributed by atoms with Gasteiger partial charge in [-0.05, 0) is 54.7 Å².